The Kier molecular flexibility index (Phi) is 4.90. The lowest BCUT2D eigenvalue weighted by atomic mass is 10.1. The van der Waals surface area contributed by atoms with E-state index in [0.717, 1.165) is 0 Å². The summed E-state index contributed by atoms with van der Waals surface area (Å²) in [5.41, 5.74) is 0.155. The first-order valence-electron chi connectivity index (χ1n) is 6.11. The lowest BCUT2D eigenvalue weighted by Crippen LogP contribution is -2.16. The van der Waals surface area contributed by atoms with Crippen LogP contribution in [0.25, 0.3) is 0 Å². The van der Waals surface area contributed by atoms with Crippen molar-refractivity contribution in [3.05, 3.63) is 57.6 Å². The van der Waals surface area contributed by atoms with E-state index in [0.29, 0.717) is 0 Å². The Hall–Kier alpha value is -2.24. The van der Waals surface area contributed by atoms with Crippen molar-refractivity contribution in [3.8, 4) is 5.75 Å². The molecule has 0 spiro atoms. The molecule has 2 rings (SSSR count). The normalized spacial score (nSPS) is 10.1. The molecule has 0 radical (unpaired) electrons. The van der Waals surface area contributed by atoms with Crippen LogP contribution in [0.2, 0.25) is 10.0 Å². The Labute approximate surface area is 136 Å². The van der Waals surface area contributed by atoms with Gasteiger partial charge in [0.25, 0.3) is 5.91 Å². The molecule has 22 heavy (non-hydrogen) atoms. The molecule has 0 fully saturated rings. The molecule has 0 aromatic heterocycles. The van der Waals surface area contributed by atoms with E-state index < -0.39 is 11.9 Å². The van der Waals surface area contributed by atoms with Crippen LogP contribution in [-0.2, 0) is 0 Å². The van der Waals surface area contributed by atoms with Crippen molar-refractivity contribution < 1.29 is 19.4 Å². The molecule has 0 unspecified atom stereocenters. The Balaban J connectivity index is 2.43. The predicted octanol–water partition coefficient (Wildman–Crippen LogP) is 3.95. The van der Waals surface area contributed by atoms with E-state index in [2.05, 4.69) is 5.32 Å². The summed E-state index contributed by atoms with van der Waals surface area (Å²) in [6.45, 7) is 0. The van der Waals surface area contributed by atoms with E-state index in [9.17, 15) is 9.59 Å². The number of nitrogens with one attached hydrogen (secondary N) is 1. The Morgan fingerprint density at radius 2 is 1.73 bits per heavy atom. The third-order valence-corrected chi connectivity index (χ3v) is 3.51. The molecule has 0 aliphatic heterocycles. The third kappa shape index (κ3) is 3.16. The monoisotopic (exact) mass is 339 g/mol. The first kappa shape index (κ1) is 16.1. The zero-order valence-electron chi connectivity index (χ0n) is 11.4. The molecule has 0 saturated heterocycles. The number of hydrogen-bond donors (Lipinski definition) is 2. The molecular formula is C15H11Cl2NO4. The SMILES string of the molecule is COc1c(Cl)ccc(Cl)c1C(=O)Nc1ccccc1C(=O)O. The number of ether oxygens (including phenoxy) is 1. The average Bonchev–Trinajstić information content (AvgIpc) is 2.49. The van der Waals surface area contributed by atoms with Crippen LogP contribution in [0.3, 0.4) is 0 Å². The van der Waals surface area contributed by atoms with Gasteiger partial charge in [0.1, 0.15) is 5.56 Å². The smallest absolute Gasteiger partial charge is 0.337 e. The lowest BCUT2D eigenvalue weighted by Gasteiger charge is -2.13. The van der Waals surface area contributed by atoms with Gasteiger partial charge in [0.05, 0.1) is 28.4 Å². The highest BCUT2D eigenvalue weighted by molar-refractivity contribution is 6.37. The van der Waals surface area contributed by atoms with Gasteiger partial charge in [-0.1, -0.05) is 35.3 Å². The molecule has 0 saturated carbocycles. The summed E-state index contributed by atoms with van der Waals surface area (Å²) in [5, 5.41) is 12.0. The van der Waals surface area contributed by atoms with Gasteiger partial charge in [-0.15, -0.1) is 0 Å². The van der Waals surface area contributed by atoms with Gasteiger partial charge in [0, 0.05) is 0 Å². The maximum absolute atomic E-state index is 12.4. The van der Waals surface area contributed by atoms with Crippen molar-refractivity contribution in [2.75, 3.05) is 12.4 Å². The zero-order valence-corrected chi connectivity index (χ0v) is 12.9. The molecule has 0 atom stereocenters. The van der Waals surface area contributed by atoms with Crippen molar-refractivity contribution in [2.45, 2.75) is 0 Å². The minimum Gasteiger partial charge on any atom is -0.494 e. The van der Waals surface area contributed by atoms with Crippen LogP contribution in [0.4, 0.5) is 5.69 Å². The molecule has 0 aliphatic carbocycles. The molecule has 2 N–H and O–H groups in total. The molecule has 7 heteroatoms. The summed E-state index contributed by atoms with van der Waals surface area (Å²) >= 11 is 12.0. The van der Waals surface area contributed by atoms with Crippen molar-refractivity contribution in [2.24, 2.45) is 0 Å². The van der Waals surface area contributed by atoms with Crippen LogP contribution in [0, 0.1) is 0 Å². The van der Waals surface area contributed by atoms with Crippen LogP contribution >= 0.6 is 23.2 Å². The van der Waals surface area contributed by atoms with Crippen LogP contribution in [0.15, 0.2) is 36.4 Å². The molecule has 2 aromatic rings. The van der Waals surface area contributed by atoms with Gasteiger partial charge >= 0.3 is 5.97 Å². The van der Waals surface area contributed by atoms with Crippen molar-refractivity contribution in [1.29, 1.82) is 0 Å². The Morgan fingerprint density at radius 1 is 1.09 bits per heavy atom. The van der Waals surface area contributed by atoms with Gasteiger partial charge in [0.2, 0.25) is 0 Å². The molecular weight excluding hydrogens is 329 g/mol. The molecule has 1 amide bonds. The number of amides is 1. The molecule has 0 aliphatic rings. The van der Waals surface area contributed by atoms with Crippen molar-refractivity contribution >= 4 is 40.8 Å². The van der Waals surface area contributed by atoms with Gasteiger partial charge in [0.15, 0.2) is 5.75 Å². The van der Waals surface area contributed by atoms with Crippen LogP contribution < -0.4 is 10.1 Å². The first-order chi connectivity index (χ1) is 10.5. The highest BCUT2D eigenvalue weighted by Crippen LogP contribution is 2.34. The van der Waals surface area contributed by atoms with Gasteiger partial charge in [-0.25, -0.2) is 4.79 Å². The second-order valence-corrected chi connectivity index (χ2v) is 5.06. The molecule has 114 valence electrons. The van der Waals surface area contributed by atoms with Gasteiger partial charge in [-0.2, -0.15) is 0 Å². The fourth-order valence-electron chi connectivity index (χ4n) is 1.91. The Bertz CT molecular complexity index is 746. The minimum atomic E-state index is -1.15. The number of carboxylic acids is 1. The number of halogens is 2. The molecule has 0 heterocycles. The number of para-hydroxylation sites is 1. The van der Waals surface area contributed by atoms with E-state index in [1.54, 1.807) is 12.1 Å². The number of anilines is 1. The fourth-order valence-corrected chi connectivity index (χ4v) is 2.38. The Morgan fingerprint density at radius 3 is 2.36 bits per heavy atom. The second kappa shape index (κ2) is 6.68. The standard InChI is InChI=1S/C15H11Cl2NO4/c1-22-13-10(17)7-6-9(16)12(13)14(19)18-11-5-3-2-4-8(11)15(20)21/h2-7H,1H3,(H,18,19)(H,20,21). The number of rotatable bonds is 4. The zero-order chi connectivity index (χ0) is 16.3. The van der Waals surface area contributed by atoms with Crippen molar-refractivity contribution in [1.82, 2.24) is 0 Å². The third-order valence-electron chi connectivity index (χ3n) is 2.90. The quantitative estimate of drug-likeness (QED) is 0.884. The number of hydrogen-bond acceptors (Lipinski definition) is 3. The van der Waals surface area contributed by atoms with Crippen LogP contribution in [-0.4, -0.2) is 24.1 Å². The summed E-state index contributed by atoms with van der Waals surface area (Å²) in [4.78, 5) is 23.6. The van der Waals surface area contributed by atoms with E-state index in [-0.39, 0.29) is 32.6 Å². The molecule has 0 bridgehead atoms. The number of methoxy groups -OCH3 is 1. The summed E-state index contributed by atoms with van der Waals surface area (Å²) in [7, 11) is 1.36. The molecule has 5 nitrogen and oxygen atoms in total. The highest BCUT2D eigenvalue weighted by atomic mass is 35.5. The number of aromatic carboxylic acids is 1. The topological polar surface area (TPSA) is 75.6 Å². The lowest BCUT2D eigenvalue weighted by molar-refractivity contribution is 0.0698. The number of carbonyl (C=O) groups excluding carboxylic acids is 1. The second-order valence-electron chi connectivity index (χ2n) is 4.24. The van der Waals surface area contributed by atoms with Crippen LogP contribution in [0.5, 0.6) is 5.75 Å². The minimum absolute atomic E-state index is 0.0343. The van der Waals surface area contributed by atoms with E-state index >= 15 is 0 Å². The van der Waals surface area contributed by atoms with Crippen LogP contribution in [0.1, 0.15) is 20.7 Å². The summed E-state index contributed by atoms with van der Waals surface area (Å²) in [5.74, 6) is -1.64. The number of benzene rings is 2. The summed E-state index contributed by atoms with van der Waals surface area (Å²) in [6, 6.07) is 9.00. The maximum atomic E-state index is 12.4. The highest BCUT2D eigenvalue weighted by Gasteiger charge is 2.21. The summed E-state index contributed by atoms with van der Waals surface area (Å²) < 4.78 is 5.10. The largest absolute Gasteiger partial charge is 0.494 e. The average molecular weight is 340 g/mol. The predicted molar refractivity (Wildman–Crippen MR) is 84.4 cm³/mol. The van der Waals surface area contributed by atoms with Gasteiger partial charge in [-0.05, 0) is 24.3 Å². The van der Waals surface area contributed by atoms with Gasteiger partial charge in [-0.3, -0.25) is 4.79 Å². The van der Waals surface area contributed by atoms with Gasteiger partial charge < -0.3 is 15.2 Å². The first-order valence-corrected chi connectivity index (χ1v) is 6.87. The van der Waals surface area contributed by atoms with E-state index in [1.807, 2.05) is 0 Å². The van der Waals surface area contributed by atoms with E-state index in [1.165, 1.54) is 31.4 Å². The van der Waals surface area contributed by atoms with Crippen molar-refractivity contribution in [3.63, 3.8) is 0 Å². The summed E-state index contributed by atoms with van der Waals surface area (Å²) in [6.07, 6.45) is 0. The number of carboxylic acid groups (broad SMARTS) is 1. The maximum Gasteiger partial charge on any atom is 0.337 e. The van der Waals surface area contributed by atoms with E-state index in [4.69, 9.17) is 33.0 Å². The molecule has 2 aromatic carbocycles. The fraction of sp³-hybridized carbons (Fsp3) is 0.0667. The number of carbonyl (C=O) groups is 2.